The van der Waals surface area contributed by atoms with Crippen molar-refractivity contribution in [2.24, 2.45) is 0 Å². The van der Waals surface area contributed by atoms with E-state index >= 15 is 0 Å². The fourth-order valence-corrected chi connectivity index (χ4v) is 2.52. The number of aromatic amines is 1. The van der Waals surface area contributed by atoms with Gasteiger partial charge in [-0.05, 0) is 26.7 Å². The fourth-order valence-electron chi connectivity index (χ4n) is 2.52. The molecule has 1 unspecified atom stereocenters. The molecule has 2 aromatic heterocycles. The normalized spacial score (nSPS) is 19.7. The Kier molecular flexibility index (Phi) is 2.77. The molecule has 18 heavy (non-hydrogen) atoms. The van der Waals surface area contributed by atoms with E-state index in [-0.39, 0.29) is 0 Å². The number of H-pyrrole nitrogens is 1. The Morgan fingerprint density at radius 1 is 1.50 bits per heavy atom. The first-order valence-electron chi connectivity index (χ1n) is 6.51. The summed E-state index contributed by atoms with van der Waals surface area (Å²) in [6.45, 7) is 6.16. The number of hydrogen-bond acceptors (Lipinski definition) is 5. The van der Waals surface area contributed by atoms with Gasteiger partial charge in [0.1, 0.15) is 5.82 Å². The molecule has 6 heteroatoms. The lowest BCUT2D eigenvalue weighted by Crippen LogP contribution is -2.27. The van der Waals surface area contributed by atoms with E-state index in [2.05, 4.69) is 37.3 Å². The number of rotatable bonds is 3. The first kappa shape index (κ1) is 11.3. The van der Waals surface area contributed by atoms with Gasteiger partial charge < -0.3 is 10.2 Å². The highest BCUT2D eigenvalue weighted by molar-refractivity contribution is 5.87. The predicted molar refractivity (Wildman–Crippen MR) is 71.9 cm³/mol. The average molecular weight is 246 g/mol. The van der Waals surface area contributed by atoms with Gasteiger partial charge in [-0.1, -0.05) is 0 Å². The largest absolute Gasteiger partial charge is 0.354 e. The van der Waals surface area contributed by atoms with Crippen LogP contribution in [0.2, 0.25) is 0 Å². The maximum atomic E-state index is 4.64. The molecular weight excluding hydrogens is 228 g/mol. The first-order chi connectivity index (χ1) is 8.79. The summed E-state index contributed by atoms with van der Waals surface area (Å²) >= 11 is 0. The van der Waals surface area contributed by atoms with Gasteiger partial charge in [0.15, 0.2) is 5.65 Å². The highest BCUT2D eigenvalue weighted by Crippen LogP contribution is 2.29. The minimum absolute atomic E-state index is 0.535. The Morgan fingerprint density at radius 3 is 3.11 bits per heavy atom. The number of nitrogens with one attached hydrogen (secondary N) is 2. The van der Waals surface area contributed by atoms with Crippen LogP contribution in [0.25, 0.3) is 11.0 Å². The predicted octanol–water partition coefficient (Wildman–Crippen LogP) is 1.77. The van der Waals surface area contributed by atoms with Gasteiger partial charge in [0.2, 0.25) is 5.95 Å². The van der Waals surface area contributed by atoms with Crippen molar-refractivity contribution >= 4 is 22.8 Å². The van der Waals surface area contributed by atoms with Crippen LogP contribution < -0.4 is 10.2 Å². The molecule has 2 N–H and O–H groups in total. The molecule has 1 aliphatic heterocycles. The summed E-state index contributed by atoms with van der Waals surface area (Å²) in [7, 11) is 0. The molecule has 1 aliphatic rings. The van der Waals surface area contributed by atoms with E-state index < -0.39 is 0 Å². The lowest BCUT2D eigenvalue weighted by Gasteiger charge is -2.23. The summed E-state index contributed by atoms with van der Waals surface area (Å²) in [5.74, 6) is 1.66. The lowest BCUT2D eigenvalue weighted by atomic mass is 10.2. The summed E-state index contributed by atoms with van der Waals surface area (Å²) in [5, 5.41) is 11.2. The molecule has 3 rings (SSSR count). The summed E-state index contributed by atoms with van der Waals surface area (Å²) in [5.41, 5.74) is 0.801. The van der Waals surface area contributed by atoms with E-state index in [4.69, 9.17) is 0 Å². The van der Waals surface area contributed by atoms with Crippen LogP contribution >= 0.6 is 0 Å². The molecule has 0 bridgehead atoms. The number of nitrogens with zero attached hydrogens (tertiary/aromatic N) is 4. The van der Waals surface area contributed by atoms with Crippen LogP contribution in [0.15, 0.2) is 6.20 Å². The number of anilines is 2. The van der Waals surface area contributed by atoms with Gasteiger partial charge in [-0.15, -0.1) is 0 Å². The zero-order valence-corrected chi connectivity index (χ0v) is 10.8. The van der Waals surface area contributed by atoms with Crippen molar-refractivity contribution in [3.05, 3.63) is 6.20 Å². The summed E-state index contributed by atoms with van der Waals surface area (Å²) in [6, 6.07) is 0.535. The van der Waals surface area contributed by atoms with Gasteiger partial charge in [-0.3, -0.25) is 5.10 Å². The van der Waals surface area contributed by atoms with Crippen molar-refractivity contribution in [3.8, 4) is 0 Å². The molecule has 2 aromatic rings. The van der Waals surface area contributed by atoms with E-state index in [1.165, 1.54) is 12.8 Å². The molecule has 96 valence electrons. The molecule has 0 radical (unpaired) electrons. The highest BCUT2D eigenvalue weighted by atomic mass is 15.3. The van der Waals surface area contributed by atoms with Crippen molar-refractivity contribution in [1.82, 2.24) is 20.2 Å². The second-order valence-electron chi connectivity index (χ2n) is 4.72. The van der Waals surface area contributed by atoms with Crippen molar-refractivity contribution < 1.29 is 0 Å². The van der Waals surface area contributed by atoms with Crippen LogP contribution in [0.1, 0.15) is 26.7 Å². The number of fused-ring (bicyclic) bond motifs is 1. The molecule has 0 amide bonds. The molecule has 1 fully saturated rings. The Labute approximate surface area is 106 Å². The van der Waals surface area contributed by atoms with Crippen LogP contribution in [0, 0.1) is 0 Å². The second kappa shape index (κ2) is 4.44. The van der Waals surface area contributed by atoms with E-state index in [0.717, 1.165) is 29.9 Å². The molecule has 0 aromatic carbocycles. The van der Waals surface area contributed by atoms with Crippen LogP contribution in [-0.4, -0.2) is 39.3 Å². The topological polar surface area (TPSA) is 69.7 Å². The quantitative estimate of drug-likeness (QED) is 0.863. The molecule has 3 heterocycles. The summed E-state index contributed by atoms with van der Waals surface area (Å²) in [4.78, 5) is 11.4. The zero-order valence-electron chi connectivity index (χ0n) is 10.8. The highest BCUT2D eigenvalue weighted by Gasteiger charge is 2.24. The van der Waals surface area contributed by atoms with Gasteiger partial charge in [-0.2, -0.15) is 15.1 Å². The van der Waals surface area contributed by atoms with Gasteiger partial charge >= 0.3 is 0 Å². The van der Waals surface area contributed by atoms with Crippen LogP contribution in [-0.2, 0) is 0 Å². The van der Waals surface area contributed by atoms with Gasteiger partial charge in [0.05, 0.1) is 11.6 Å². The molecule has 1 saturated heterocycles. The maximum absolute atomic E-state index is 4.64. The van der Waals surface area contributed by atoms with Crippen LogP contribution in [0.5, 0.6) is 0 Å². The summed E-state index contributed by atoms with van der Waals surface area (Å²) < 4.78 is 0. The third-order valence-corrected chi connectivity index (χ3v) is 3.45. The third-order valence-electron chi connectivity index (χ3n) is 3.45. The molecule has 0 spiro atoms. The fraction of sp³-hybridized carbons (Fsp3) is 0.583. The Balaban J connectivity index is 2.10. The molecule has 0 aliphatic carbocycles. The average Bonchev–Trinajstić information content (AvgIpc) is 2.97. The Bertz CT molecular complexity index is 548. The molecular formula is C12H18N6. The van der Waals surface area contributed by atoms with Crippen molar-refractivity contribution in [2.75, 3.05) is 23.3 Å². The minimum Gasteiger partial charge on any atom is -0.354 e. The van der Waals surface area contributed by atoms with Crippen LogP contribution in [0.3, 0.4) is 0 Å². The standard InChI is InChI=1S/C12H18N6/c1-3-13-12-15-10-9(7-14-17-10)11(16-12)18-6-4-5-8(18)2/h7-8H,3-6H2,1-2H3,(H2,13,14,15,16,17). The smallest absolute Gasteiger partial charge is 0.226 e. The minimum atomic E-state index is 0.535. The third kappa shape index (κ3) is 1.77. The maximum Gasteiger partial charge on any atom is 0.226 e. The van der Waals surface area contributed by atoms with Gasteiger partial charge in [0.25, 0.3) is 0 Å². The van der Waals surface area contributed by atoms with Crippen molar-refractivity contribution in [2.45, 2.75) is 32.7 Å². The summed E-state index contributed by atoms with van der Waals surface area (Å²) in [6.07, 6.45) is 4.26. The molecule has 0 saturated carbocycles. The number of hydrogen-bond donors (Lipinski definition) is 2. The van der Waals surface area contributed by atoms with Crippen LogP contribution in [0.4, 0.5) is 11.8 Å². The van der Waals surface area contributed by atoms with E-state index in [1.807, 2.05) is 13.1 Å². The second-order valence-corrected chi connectivity index (χ2v) is 4.72. The Hall–Kier alpha value is -1.85. The lowest BCUT2D eigenvalue weighted by molar-refractivity contribution is 0.729. The van der Waals surface area contributed by atoms with Crippen molar-refractivity contribution in [1.29, 1.82) is 0 Å². The van der Waals surface area contributed by atoms with E-state index in [1.54, 1.807) is 0 Å². The van der Waals surface area contributed by atoms with E-state index in [0.29, 0.717) is 12.0 Å². The zero-order chi connectivity index (χ0) is 12.5. The monoisotopic (exact) mass is 246 g/mol. The SMILES string of the molecule is CCNc1nc(N2CCCC2C)c2cn[nH]c2n1. The molecule has 1 atom stereocenters. The van der Waals surface area contributed by atoms with Crippen molar-refractivity contribution in [3.63, 3.8) is 0 Å². The van der Waals surface area contributed by atoms with E-state index in [9.17, 15) is 0 Å². The van der Waals surface area contributed by atoms with Gasteiger partial charge in [0, 0.05) is 19.1 Å². The molecule has 6 nitrogen and oxygen atoms in total. The first-order valence-corrected chi connectivity index (χ1v) is 6.51. The number of aromatic nitrogens is 4. The Morgan fingerprint density at radius 2 is 2.39 bits per heavy atom. The van der Waals surface area contributed by atoms with Gasteiger partial charge in [-0.25, -0.2) is 0 Å².